The molecule has 166 valence electrons. The van der Waals surface area contributed by atoms with Crippen LogP contribution in [-0.2, 0) is 25.6 Å². The zero-order valence-corrected chi connectivity index (χ0v) is 17.0. The van der Waals surface area contributed by atoms with E-state index in [9.17, 15) is 29.4 Å². The van der Waals surface area contributed by atoms with Crippen LogP contribution in [0.25, 0.3) is 0 Å². The van der Waals surface area contributed by atoms with Crippen LogP contribution in [0.2, 0.25) is 0 Å². The van der Waals surface area contributed by atoms with Gasteiger partial charge in [-0.2, -0.15) is 12.6 Å². The van der Waals surface area contributed by atoms with E-state index in [4.69, 9.17) is 5.73 Å². The van der Waals surface area contributed by atoms with E-state index >= 15 is 0 Å². The number of nitrogens with zero attached hydrogens (tertiary/aromatic N) is 2. The van der Waals surface area contributed by atoms with E-state index < -0.39 is 54.5 Å². The molecule has 7 N–H and O–H groups in total. The quantitative estimate of drug-likeness (QED) is 0.190. The number of hydrogen-bond donors (Lipinski definition) is 7. The van der Waals surface area contributed by atoms with Gasteiger partial charge in [0.15, 0.2) is 0 Å². The molecule has 12 nitrogen and oxygen atoms in total. The third-order valence-electron chi connectivity index (χ3n) is 4.76. The van der Waals surface area contributed by atoms with Crippen LogP contribution in [0.4, 0.5) is 0 Å². The van der Waals surface area contributed by atoms with Gasteiger partial charge in [0.2, 0.25) is 17.7 Å². The molecule has 13 heteroatoms. The normalized spacial score (nSPS) is 19.0. The van der Waals surface area contributed by atoms with Gasteiger partial charge in [-0.05, 0) is 12.8 Å². The number of nitrogens with one attached hydrogen (secondary N) is 3. The van der Waals surface area contributed by atoms with Crippen LogP contribution in [0.5, 0.6) is 0 Å². The molecule has 0 radical (unpaired) electrons. The number of thiol groups is 1. The van der Waals surface area contributed by atoms with Crippen LogP contribution < -0.4 is 16.4 Å². The summed E-state index contributed by atoms with van der Waals surface area (Å²) in [4.78, 5) is 56.7. The number of imidazole rings is 1. The van der Waals surface area contributed by atoms with E-state index in [1.165, 1.54) is 17.4 Å². The van der Waals surface area contributed by atoms with E-state index in [2.05, 4.69) is 33.2 Å². The maximum absolute atomic E-state index is 12.6. The van der Waals surface area contributed by atoms with Crippen LogP contribution >= 0.6 is 12.6 Å². The summed E-state index contributed by atoms with van der Waals surface area (Å²) in [6, 6.07) is -4.35. The number of amides is 3. The lowest BCUT2D eigenvalue weighted by Gasteiger charge is -2.27. The van der Waals surface area contributed by atoms with Crippen molar-refractivity contribution < 1.29 is 29.4 Å². The number of nitrogens with two attached hydrogens (primary N) is 1. The van der Waals surface area contributed by atoms with Gasteiger partial charge in [0.1, 0.15) is 18.1 Å². The summed E-state index contributed by atoms with van der Waals surface area (Å²) in [7, 11) is 0. The molecule has 1 aromatic rings. The Bertz CT molecular complexity index is 760. The molecular formula is C17H26N6O6S. The number of aliphatic carboxylic acids is 1. The van der Waals surface area contributed by atoms with Gasteiger partial charge < -0.3 is 36.5 Å². The lowest BCUT2D eigenvalue weighted by Crippen LogP contribution is -2.58. The zero-order chi connectivity index (χ0) is 22.3. The second-order valence-corrected chi connectivity index (χ2v) is 7.27. The van der Waals surface area contributed by atoms with Crippen molar-refractivity contribution in [3.05, 3.63) is 18.2 Å². The topological polar surface area (TPSA) is 191 Å². The predicted molar refractivity (Wildman–Crippen MR) is 107 cm³/mol. The fourth-order valence-electron chi connectivity index (χ4n) is 3.14. The number of aliphatic hydroxyl groups is 1. The first kappa shape index (κ1) is 23.6. The Kier molecular flexibility index (Phi) is 8.62. The standard InChI is InChI=1S/C17H26N6O6S/c18-10(7-30)16(27)23-3-1-2-13(23)15(26)22-12(6-24)14(25)21-11(17(28)29)4-9-5-19-8-20-9/h5,8,10-13,24,30H,1-4,6-7,18H2,(H,19,20)(H,21,25)(H,22,26)(H,28,29). The summed E-state index contributed by atoms with van der Waals surface area (Å²) in [6.45, 7) is -0.398. The minimum atomic E-state index is -1.38. The predicted octanol–water partition coefficient (Wildman–Crippen LogP) is -2.75. The molecule has 0 bridgehead atoms. The van der Waals surface area contributed by atoms with Crippen molar-refractivity contribution in [3.8, 4) is 0 Å². The summed E-state index contributed by atoms with van der Waals surface area (Å²) in [5.41, 5.74) is 6.20. The van der Waals surface area contributed by atoms with Crippen molar-refractivity contribution in [2.45, 2.75) is 43.4 Å². The van der Waals surface area contributed by atoms with Crippen LogP contribution in [-0.4, -0.2) is 91.8 Å². The molecule has 4 atom stereocenters. The molecule has 1 saturated heterocycles. The zero-order valence-electron chi connectivity index (χ0n) is 16.2. The summed E-state index contributed by atoms with van der Waals surface area (Å²) < 4.78 is 0. The van der Waals surface area contributed by atoms with Crippen molar-refractivity contribution in [2.24, 2.45) is 5.73 Å². The Morgan fingerprint density at radius 1 is 1.33 bits per heavy atom. The average molecular weight is 442 g/mol. The summed E-state index contributed by atoms with van der Waals surface area (Å²) >= 11 is 3.99. The highest BCUT2D eigenvalue weighted by atomic mass is 32.1. The smallest absolute Gasteiger partial charge is 0.326 e. The summed E-state index contributed by atoms with van der Waals surface area (Å²) in [5, 5.41) is 23.6. The third kappa shape index (κ3) is 5.93. The number of aliphatic hydroxyl groups excluding tert-OH is 1. The fourth-order valence-corrected chi connectivity index (χ4v) is 3.30. The number of aromatic nitrogens is 2. The van der Waals surface area contributed by atoms with Crippen molar-refractivity contribution in [1.29, 1.82) is 0 Å². The Morgan fingerprint density at radius 3 is 2.63 bits per heavy atom. The second-order valence-electron chi connectivity index (χ2n) is 6.90. The van der Waals surface area contributed by atoms with Gasteiger partial charge in [0.25, 0.3) is 0 Å². The van der Waals surface area contributed by atoms with E-state index in [0.717, 1.165) is 0 Å². The van der Waals surface area contributed by atoms with Crippen LogP contribution in [0, 0.1) is 0 Å². The first-order valence-corrected chi connectivity index (χ1v) is 10.00. The minimum absolute atomic E-state index is 0.0559. The lowest BCUT2D eigenvalue weighted by atomic mass is 10.1. The number of aromatic amines is 1. The van der Waals surface area contributed by atoms with E-state index in [1.807, 2.05) is 0 Å². The van der Waals surface area contributed by atoms with Gasteiger partial charge in [-0.15, -0.1) is 0 Å². The maximum Gasteiger partial charge on any atom is 0.326 e. The Labute approximate surface area is 178 Å². The first-order valence-electron chi connectivity index (χ1n) is 9.37. The number of hydrogen-bond acceptors (Lipinski definition) is 8. The molecule has 1 fully saturated rings. The largest absolute Gasteiger partial charge is 0.480 e. The molecule has 1 aromatic heterocycles. The molecule has 0 spiro atoms. The van der Waals surface area contributed by atoms with Crippen LogP contribution in [0.15, 0.2) is 12.5 Å². The molecule has 30 heavy (non-hydrogen) atoms. The number of H-pyrrole nitrogens is 1. The second kappa shape index (κ2) is 10.9. The van der Waals surface area contributed by atoms with Crippen LogP contribution in [0.1, 0.15) is 18.5 Å². The van der Waals surface area contributed by atoms with Gasteiger partial charge in [0, 0.05) is 30.6 Å². The monoisotopic (exact) mass is 442 g/mol. The maximum atomic E-state index is 12.6. The molecule has 4 unspecified atom stereocenters. The van der Waals surface area contributed by atoms with Crippen molar-refractivity contribution >= 4 is 36.3 Å². The highest BCUT2D eigenvalue weighted by molar-refractivity contribution is 7.80. The number of carboxylic acids is 1. The van der Waals surface area contributed by atoms with Gasteiger partial charge in [-0.3, -0.25) is 14.4 Å². The van der Waals surface area contributed by atoms with Gasteiger partial charge in [-0.1, -0.05) is 0 Å². The average Bonchev–Trinajstić information content (AvgIpc) is 3.41. The number of carbonyl (C=O) groups is 4. The summed E-state index contributed by atoms with van der Waals surface area (Å²) in [5.74, 6) is -3.06. The molecule has 1 aliphatic rings. The summed E-state index contributed by atoms with van der Waals surface area (Å²) in [6.07, 6.45) is 3.72. The van der Waals surface area contributed by atoms with E-state index in [-0.39, 0.29) is 12.2 Å². The van der Waals surface area contributed by atoms with Gasteiger partial charge >= 0.3 is 5.97 Å². The Balaban J connectivity index is 2.00. The number of likely N-dealkylation sites (tertiary alicyclic amines) is 1. The molecule has 0 aromatic carbocycles. The highest BCUT2D eigenvalue weighted by Crippen LogP contribution is 2.18. The Morgan fingerprint density at radius 2 is 2.07 bits per heavy atom. The van der Waals surface area contributed by atoms with Crippen molar-refractivity contribution in [3.63, 3.8) is 0 Å². The van der Waals surface area contributed by atoms with Crippen molar-refractivity contribution in [2.75, 3.05) is 18.9 Å². The van der Waals surface area contributed by atoms with Gasteiger partial charge in [0.05, 0.1) is 19.0 Å². The number of rotatable bonds is 10. The van der Waals surface area contributed by atoms with Gasteiger partial charge in [-0.25, -0.2) is 9.78 Å². The Hall–Kier alpha value is -2.64. The molecule has 0 saturated carbocycles. The van der Waals surface area contributed by atoms with Crippen LogP contribution in [0.3, 0.4) is 0 Å². The number of carboxylic acid groups (broad SMARTS) is 1. The van der Waals surface area contributed by atoms with Crippen molar-refractivity contribution in [1.82, 2.24) is 25.5 Å². The first-order chi connectivity index (χ1) is 14.3. The number of carbonyl (C=O) groups excluding carboxylic acids is 3. The lowest BCUT2D eigenvalue weighted by molar-refractivity contribution is -0.143. The minimum Gasteiger partial charge on any atom is -0.480 e. The SMILES string of the molecule is NC(CS)C(=O)N1CCCC1C(=O)NC(CO)C(=O)NC(Cc1cnc[nH]1)C(=O)O. The highest BCUT2D eigenvalue weighted by Gasteiger charge is 2.37. The molecule has 1 aliphatic heterocycles. The van der Waals surface area contributed by atoms with E-state index in [1.54, 1.807) is 0 Å². The fraction of sp³-hybridized carbons (Fsp3) is 0.588. The molecule has 0 aliphatic carbocycles. The van der Waals surface area contributed by atoms with E-state index in [0.29, 0.717) is 25.1 Å². The third-order valence-corrected chi connectivity index (χ3v) is 5.15. The molecular weight excluding hydrogens is 416 g/mol. The molecule has 2 rings (SSSR count). The molecule has 3 amide bonds. The molecule has 2 heterocycles.